The van der Waals surface area contributed by atoms with Crippen LogP contribution in [0.15, 0.2) is 24.3 Å². The van der Waals surface area contributed by atoms with E-state index in [0.717, 1.165) is 30.8 Å². The van der Waals surface area contributed by atoms with Crippen molar-refractivity contribution in [1.29, 1.82) is 0 Å². The summed E-state index contributed by atoms with van der Waals surface area (Å²) in [4.78, 5) is 0. The van der Waals surface area contributed by atoms with Gasteiger partial charge in [-0.05, 0) is 30.5 Å². The molecule has 0 radical (unpaired) electrons. The third-order valence-corrected chi connectivity index (χ3v) is 2.59. The highest BCUT2D eigenvalue weighted by molar-refractivity contribution is 5.28. The van der Waals surface area contributed by atoms with Crippen LogP contribution < -0.4 is 10.5 Å². The van der Waals surface area contributed by atoms with Crippen molar-refractivity contribution < 1.29 is 9.47 Å². The second-order valence-electron chi connectivity index (χ2n) is 3.80. The van der Waals surface area contributed by atoms with E-state index in [-0.39, 0.29) is 6.10 Å². The van der Waals surface area contributed by atoms with Crippen LogP contribution in [0.2, 0.25) is 0 Å². The van der Waals surface area contributed by atoms with Crippen LogP contribution in [-0.4, -0.2) is 19.3 Å². The minimum absolute atomic E-state index is 0.270. The van der Waals surface area contributed by atoms with Gasteiger partial charge >= 0.3 is 0 Å². The highest BCUT2D eigenvalue weighted by Crippen LogP contribution is 2.16. The summed E-state index contributed by atoms with van der Waals surface area (Å²) in [6, 6.07) is 7.90. The Bertz CT molecular complexity index is 308. The molecule has 0 aromatic heterocycles. The molecule has 1 heterocycles. The van der Waals surface area contributed by atoms with Crippen LogP contribution in [0.4, 0.5) is 0 Å². The Balaban J connectivity index is 1.86. The fourth-order valence-electron chi connectivity index (χ4n) is 1.73. The van der Waals surface area contributed by atoms with E-state index in [1.807, 2.05) is 24.3 Å². The van der Waals surface area contributed by atoms with E-state index in [2.05, 4.69) is 0 Å². The summed E-state index contributed by atoms with van der Waals surface area (Å²) in [7, 11) is 0. The maximum Gasteiger partial charge on any atom is 0.119 e. The molecule has 1 atom stereocenters. The van der Waals surface area contributed by atoms with Gasteiger partial charge in [-0.25, -0.2) is 0 Å². The number of hydrogen-bond acceptors (Lipinski definition) is 3. The average Bonchev–Trinajstić information content (AvgIpc) is 2.79. The largest absolute Gasteiger partial charge is 0.491 e. The van der Waals surface area contributed by atoms with Gasteiger partial charge in [-0.15, -0.1) is 0 Å². The third kappa shape index (κ3) is 2.94. The molecule has 2 rings (SSSR count). The van der Waals surface area contributed by atoms with Crippen LogP contribution in [0.1, 0.15) is 18.4 Å². The zero-order valence-corrected chi connectivity index (χ0v) is 8.82. The summed E-state index contributed by atoms with van der Waals surface area (Å²) in [5.41, 5.74) is 6.65. The number of rotatable bonds is 4. The molecule has 0 bridgehead atoms. The molecule has 3 heteroatoms. The second kappa shape index (κ2) is 5.14. The number of ether oxygens (including phenoxy) is 2. The second-order valence-corrected chi connectivity index (χ2v) is 3.80. The SMILES string of the molecule is NCc1cccc(OC[C@H]2CCCO2)c1. The molecular weight excluding hydrogens is 190 g/mol. The van der Waals surface area contributed by atoms with Gasteiger partial charge in [-0.3, -0.25) is 0 Å². The molecule has 0 unspecified atom stereocenters. The summed E-state index contributed by atoms with van der Waals surface area (Å²) in [6.07, 6.45) is 2.53. The lowest BCUT2D eigenvalue weighted by Gasteiger charge is -2.11. The van der Waals surface area contributed by atoms with Crippen molar-refractivity contribution >= 4 is 0 Å². The molecule has 0 aliphatic carbocycles. The fourth-order valence-corrected chi connectivity index (χ4v) is 1.73. The van der Waals surface area contributed by atoms with Crippen molar-refractivity contribution in [2.75, 3.05) is 13.2 Å². The van der Waals surface area contributed by atoms with Crippen molar-refractivity contribution in [3.63, 3.8) is 0 Å². The van der Waals surface area contributed by atoms with Crippen LogP contribution in [0.3, 0.4) is 0 Å². The molecule has 1 aliphatic rings. The first-order valence-electron chi connectivity index (χ1n) is 5.42. The van der Waals surface area contributed by atoms with Gasteiger partial charge in [0.1, 0.15) is 12.4 Å². The fraction of sp³-hybridized carbons (Fsp3) is 0.500. The molecule has 0 saturated carbocycles. The minimum Gasteiger partial charge on any atom is -0.491 e. The average molecular weight is 207 g/mol. The summed E-state index contributed by atoms with van der Waals surface area (Å²) >= 11 is 0. The standard InChI is InChI=1S/C12H17NO2/c13-8-10-3-1-4-11(7-10)15-9-12-5-2-6-14-12/h1,3-4,7,12H,2,5-6,8-9,13H2/t12-/m1/s1. The molecule has 1 fully saturated rings. The van der Waals surface area contributed by atoms with Crippen molar-refractivity contribution in [1.82, 2.24) is 0 Å². The van der Waals surface area contributed by atoms with E-state index in [4.69, 9.17) is 15.2 Å². The van der Waals surface area contributed by atoms with E-state index < -0.39 is 0 Å². The molecule has 82 valence electrons. The van der Waals surface area contributed by atoms with Gasteiger partial charge in [0.05, 0.1) is 6.10 Å². The van der Waals surface area contributed by atoms with Crippen LogP contribution in [0.25, 0.3) is 0 Å². The zero-order chi connectivity index (χ0) is 10.5. The first kappa shape index (κ1) is 10.5. The van der Waals surface area contributed by atoms with E-state index >= 15 is 0 Å². The Hall–Kier alpha value is -1.06. The monoisotopic (exact) mass is 207 g/mol. The molecular formula is C12H17NO2. The topological polar surface area (TPSA) is 44.5 Å². The minimum atomic E-state index is 0.270. The summed E-state index contributed by atoms with van der Waals surface area (Å²) in [5, 5.41) is 0. The van der Waals surface area contributed by atoms with E-state index in [9.17, 15) is 0 Å². The molecule has 1 aromatic carbocycles. The lowest BCUT2D eigenvalue weighted by atomic mass is 10.2. The zero-order valence-electron chi connectivity index (χ0n) is 8.82. The Morgan fingerprint density at radius 1 is 1.47 bits per heavy atom. The van der Waals surface area contributed by atoms with Gasteiger partial charge in [0.2, 0.25) is 0 Å². The van der Waals surface area contributed by atoms with E-state index in [1.54, 1.807) is 0 Å². The lowest BCUT2D eigenvalue weighted by molar-refractivity contribution is 0.0679. The predicted octanol–water partition coefficient (Wildman–Crippen LogP) is 1.70. The van der Waals surface area contributed by atoms with Crippen molar-refractivity contribution in [2.24, 2.45) is 5.73 Å². The van der Waals surface area contributed by atoms with Gasteiger partial charge in [0.25, 0.3) is 0 Å². The first-order chi connectivity index (χ1) is 7.38. The normalized spacial score (nSPS) is 20.5. The van der Waals surface area contributed by atoms with Gasteiger partial charge in [0, 0.05) is 13.2 Å². The highest BCUT2D eigenvalue weighted by Gasteiger charge is 2.15. The Morgan fingerprint density at radius 3 is 3.13 bits per heavy atom. The van der Waals surface area contributed by atoms with Crippen molar-refractivity contribution in [3.8, 4) is 5.75 Å². The number of hydrogen-bond donors (Lipinski definition) is 1. The van der Waals surface area contributed by atoms with E-state index in [0.29, 0.717) is 13.2 Å². The summed E-state index contributed by atoms with van der Waals surface area (Å²) in [5.74, 6) is 0.883. The number of nitrogens with two attached hydrogens (primary N) is 1. The Morgan fingerprint density at radius 2 is 2.40 bits per heavy atom. The highest BCUT2D eigenvalue weighted by atomic mass is 16.5. The Kier molecular flexibility index (Phi) is 3.59. The van der Waals surface area contributed by atoms with Crippen molar-refractivity contribution in [2.45, 2.75) is 25.5 Å². The van der Waals surface area contributed by atoms with Crippen LogP contribution >= 0.6 is 0 Å². The Labute approximate surface area is 90.2 Å². The first-order valence-corrected chi connectivity index (χ1v) is 5.42. The molecule has 0 spiro atoms. The van der Waals surface area contributed by atoms with Gasteiger partial charge < -0.3 is 15.2 Å². The molecule has 0 amide bonds. The number of benzene rings is 1. The lowest BCUT2D eigenvalue weighted by Crippen LogP contribution is -2.16. The van der Waals surface area contributed by atoms with Crippen LogP contribution in [0, 0.1) is 0 Å². The quantitative estimate of drug-likeness (QED) is 0.817. The molecule has 1 saturated heterocycles. The third-order valence-electron chi connectivity index (χ3n) is 2.59. The molecule has 1 aliphatic heterocycles. The van der Waals surface area contributed by atoms with Crippen molar-refractivity contribution in [3.05, 3.63) is 29.8 Å². The molecule has 1 aromatic rings. The maximum atomic E-state index is 5.65. The van der Waals surface area contributed by atoms with Gasteiger partial charge in [-0.1, -0.05) is 12.1 Å². The molecule has 15 heavy (non-hydrogen) atoms. The summed E-state index contributed by atoms with van der Waals surface area (Å²) < 4.78 is 11.1. The van der Waals surface area contributed by atoms with Gasteiger partial charge in [0.15, 0.2) is 0 Å². The summed E-state index contributed by atoms with van der Waals surface area (Å²) in [6.45, 7) is 2.07. The van der Waals surface area contributed by atoms with Crippen LogP contribution in [-0.2, 0) is 11.3 Å². The van der Waals surface area contributed by atoms with Gasteiger partial charge in [-0.2, -0.15) is 0 Å². The molecule has 2 N–H and O–H groups in total. The maximum absolute atomic E-state index is 5.65. The smallest absolute Gasteiger partial charge is 0.119 e. The molecule has 3 nitrogen and oxygen atoms in total. The predicted molar refractivity (Wildman–Crippen MR) is 58.8 cm³/mol. The van der Waals surface area contributed by atoms with E-state index in [1.165, 1.54) is 0 Å². The van der Waals surface area contributed by atoms with Crippen LogP contribution in [0.5, 0.6) is 5.75 Å².